The molecule has 0 saturated carbocycles. The Hall–Kier alpha value is -1.52. The Bertz CT molecular complexity index is 666. The maximum atomic E-state index is 11.5. The third-order valence-electron chi connectivity index (χ3n) is 2.60. The molecule has 19 heavy (non-hydrogen) atoms. The van der Waals surface area contributed by atoms with Crippen LogP contribution in [0, 0.1) is 6.92 Å². The molecule has 100 valence electrons. The quantitative estimate of drug-likeness (QED) is 0.811. The van der Waals surface area contributed by atoms with Gasteiger partial charge in [0.2, 0.25) is 0 Å². The van der Waals surface area contributed by atoms with Crippen LogP contribution in [0.1, 0.15) is 11.1 Å². The number of hydrogen-bond acceptors (Lipinski definition) is 3. The number of aryl methyl sites for hydroxylation is 1. The van der Waals surface area contributed by atoms with Crippen LogP contribution in [-0.2, 0) is 15.7 Å². The fraction of sp³-hybridized carbons (Fsp3) is 0.143. The number of ether oxygens (including phenoxy) is 1. The van der Waals surface area contributed by atoms with Crippen LogP contribution in [0.2, 0.25) is 0 Å². The summed E-state index contributed by atoms with van der Waals surface area (Å²) in [6.45, 7) is 2.09. The first-order chi connectivity index (χ1) is 8.97. The highest BCUT2D eigenvalue weighted by molar-refractivity contribution is 8.13. The highest BCUT2D eigenvalue weighted by Gasteiger charge is 2.17. The van der Waals surface area contributed by atoms with E-state index in [1.54, 1.807) is 19.1 Å². The Balaban J connectivity index is 2.26. The summed E-state index contributed by atoms with van der Waals surface area (Å²) >= 11 is 0. The molecule has 0 aromatic heterocycles. The SMILES string of the molecule is Cc1ccc(OCc2ccccc2)c(S(=O)(=O)Cl)c1. The summed E-state index contributed by atoms with van der Waals surface area (Å²) in [6, 6.07) is 14.4. The average molecular weight is 297 g/mol. The smallest absolute Gasteiger partial charge is 0.264 e. The van der Waals surface area contributed by atoms with Crippen molar-refractivity contribution in [2.24, 2.45) is 0 Å². The van der Waals surface area contributed by atoms with Gasteiger partial charge in [0.15, 0.2) is 0 Å². The van der Waals surface area contributed by atoms with Crippen LogP contribution in [0.4, 0.5) is 0 Å². The van der Waals surface area contributed by atoms with Crippen molar-refractivity contribution in [3.63, 3.8) is 0 Å². The number of halogens is 1. The summed E-state index contributed by atoms with van der Waals surface area (Å²) in [5, 5.41) is 0. The molecule has 0 N–H and O–H groups in total. The molecule has 0 atom stereocenters. The van der Waals surface area contributed by atoms with E-state index in [2.05, 4.69) is 0 Å². The highest BCUT2D eigenvalue weighted by atomic mass is 35.7. The molecule has 0 aliphatic heterocycles. The molecular formula is C14H13ClO3S. The number of rotatable bonds is 4. The fourth-order valence-electron chi connectivity index (χ4n) is 1.66. The second kappa shape index (κ2) is 5.63. The van der Waals surface area contributed by atoms with Crippen molar-refractivity contribution < 1.29 is 13.2 Å². The zero-order valence-electron chi connectivity index (χ0n) is 10.3. The Kier molecular flexibility index (Phi) is 4.12. The predicted octanol–water partition coefficient (Wildman–Crippen LogP) is 3.50. The van der Waals surface area contributed by atoms with Crippen LogP contribution in [-0.4, -0.2) is 8.42 Å². The largest absolute Gasteiger partial charge is 0.487 e. The second-order valence-corrected chi connectivity index (χ2v) is 6.70. The van der Waals surface area contributed by atoms with E-state index in [-0.39, 0.29) is 10.6 Å². The minimum absolute atomic E-state index is 0.00472. The zero-order valence-corrected chi connectivity index (χ0v) is 11.9. The molecule has 0 aliphatic rings. The third-order valence-corrected chi connectivity index (χ3v) is 3.94. The maximum absolute atomic E-state index is 11.5. The molecule has 0 aliphatic carbocycles. The van der Waals surface area contributed by atoms with Crippen molar-refractivity contribution in [1.82, 2.24) is 0 Å². The van der Waals surface area contributed by atoms with Gasteiger partial charge in [0, 0.05) is 10.7 Å². The standard InChI is InChI=1S/C14H13ClO3S/c1-11-7-8-13(14(9-11)19(15,16)17)18-10-12-5-3-2-4-6-12/h2-9H,10H2,1H3. The molecule has 0 fully saturated rings. The lowest BCUT2D eigenvalue weighted by Gasteiger charge is -2.10. The minimum Gasteiger partial charge on any atom is -0.487 e. The lowest BCUT2D eigenvalue weighted by atomic mass is 10.2. The lowest BCUT2D eigenvalue weighted by Crippen LogP contribution is -2.01. The van der Waals surface area contributed by atoms with Crippen molar-refractivity contribution >= 4 is 19.7 Å². The van der Waals surface area contributed by atoms with Gasteiger partial charge in [0.1, 0.15) is 17.3 Å². The maximum Gasteiger partial charge on any atom is 0.264 e. The van der Waals surface area contributed by atoms with Gasteiger partial charge in [-0.05, 0) is 30.2 Å². The van der Waals surface area contributed by atoms with E-state index in [9.17, 15) is 8.42 Å². The molecule has 0 unspecified atom stereocenters. The second-order valence-electron chi connectivity index (χ2n) is 4.16. The van der Waals surface area contributed by atoms with Crippen LogP contribution in [0.5, 0.6) is 5.75 Å². The third kappa shape index (κ3) is 3.72. The van der Waals surface area contributed by atoms with E-state index in [1.165, 1.54) is 6.07 Å². The van der Waals surface area contributed by atoms with Gasteiger partial charge in [-0.2, -0.15) is 0 Å². The first kappa shape index (κ1) is 13.9. The fourth-order valence-corrected chi connectivity index (χ4v) is 2.72. The van der Waals surface area contributed by atoms with Crippen LogP contribution in [0.3, 0.4) is 0 Å². The van der Waals surface area contributed by atoms with Crippen molar-refractivity contribution in [3.8, 4) is 5.75 Å². The van der Waals surface area contributed by atoms with Gasteiger partial charge in [-0.25, -0.2) is 8.42 Å². The highest BCUT2D eigenvalue weighted by Crippen LogP contribution is 2.28. The molecule has 0 bridgehead atoms. The van der Waals surface area contributed by atoms with Gasteiger partial charge >= 0.3 is 0 Å². The van der Waals surface area contributed by atoms with Crippen LogP contribution < -0.4 is 4.74 Å². The van der Waals surface area contributed by atoms with E-state index in [4.69, 9.17) is 15.4 Å². The van der Waals surface area contributed by atoms with Crippen LogP contribution in [0.25, 0.3) is 0 Å². The molecule has 3 nitrogen and oxygen atoms in total. The minimum atomic E-state index is -3.81. The molecule has 0 heterocycles. The Labute approximate surface area is 117 Å². The molecule has 5 heteroatoms. The van der Waals surface area contributed by atoms with Crippen molar-refractivity contribution in [1.29, 1.82) is 0 Å². The van der Waals surface area contributed by atoms with Gasteiger partial charge in [0.05, 0.1) is 0 Å². The summed E-state index contributed by atoms with van der Waals surface area (Å²) in [7, 11) is 1.60. The van der Waals surface area contributed by atoms with E-state index < -0.39 is 9.05 Å². The van der Waals surface area contributed by atoms with Gasteiger partial charge in [-0.3, -0.25) is 0 Å². The Morgan fingerprint density at radius 2 is 1.79 bits per heavy atom. The molecule has 0 spiro atoms. The summed E-state index contributed by atoms with van der Waals surface area (Å²) in [4.78, 5) is 0.00472. The lowest BCUT2D eigenvalue weighted by molar-refractivity contribution is 0.298. The van der Waals surface area contributed by atoms with Gasteiger partial charge in [-0.1, -0.05) is 36.4 Å². The number of benzene rings is 2. The zero-order chi connectivity index (χ0) is 13.9. The summed E-state index contributed by atoms with van der Waals surface area (Å²) < 4.78 is 28.5. The predicted molar refractivity (Wildman–Crippen MR) is 75.0 cm³/mol. The molecule has 2 rings (SSSR count). The number of hydrogen-bond donors (Lipinski definition) is 0. The van der Waals surface area contributed by atoms with Gasteiger partial charge in [-0.15, -0.1) is 0 Å². The van der Waals surface area contributed by atoms with Crippen molar-refractivity contribution in [2.75, 3.05) is 0 Å². The molecule has 2 aromatic carbocycles. The monoisotopic (exact) mass is 296 g/mol. The van der Waals surface area contributed by atoms with E-state index in [0.717, 1.165) is 11.1 Å². The summed E-state index contributed by atoms with van der Waals surface area (Å²) in [6.07, 6.45) is 0. The first-order valence-corrected chi connectivity index (χ1v) is 8.00. The molecule has 0 radical (unpaired) electrons. The Morgan fingerprint density at radius 1 is 1.11 bits per heavy atom. The average Bonchev–Trinajstić information content (AvgIpc) is 2.37. The van der Waals surface area contributed by atoms with Crippen LogP contribution in [0.15, 0.2) is 53.4 Å². The van der Waals surface area contributed by atoms with Gasteiger partial charge in [0.25, 0.3) is 9.05 Å². The molecular weight excluding hydrogens is 284 g/mol. The van der Waals surface area contributed by atoms with E-state index in [1.807, 2.05) is 30.3 Å². The topological polar surface area (TPSA) is 43.4 Å². The van der Waals surface area contributed by atoms with Crippen LogP contribution >= 0.6 is 10.7 Å². The molecule has 2 aromatic rings. The normalized spacial score (nSPS) is 11.3. The summed E-state index contributed by atoms with van der Waals surface area (Å²) in [5.41, 5.74) is 1.77. The van der Waals surface area contributed by atoms with Crippen molar-refractivity contribution in [2.45, 2.75) is 18.4 Å². The van der Waals surface area contributed by atoms with E-state index >= 15 is 0 Å². The van der Waals surface area contributed by atoms with Crippen molar-refractivity contribution in [3.05, 3.63) is 59.7 Å². The summed E-state index contributed by atoms with van der Waals surface area (Å²) in [5.74, 6) is 0.268. The van der Waals surface area contributed by atoms with E-state index in [0.29, 0.717) is 6.61 Å². The molecule has 0 amide bonds. The van der Waals surface area contributed by atoms with Gasteiger partial charge < -0.3 is 4.74 Å². The molecule has 0 saturated heterocycles. The Morgan fingerprint density at radius 3 is 2.42 bits per heavy atom. The first-order valence-electron chi connectivity index (χ1n) is 5.69.